The fourth-order valence-electron chi connectivity index (χ4n) is 4.30. The fourth-order valence-corrected chi connectivity index (χ4v) is 4.30. The lowest BCUT2D eigenvalue weighted by Crippen LogP contribution is -2.34. The van der Waals surface area contributed by atoms with Crippen LogP contribution in [0.3, 0.4) is 0 Å². The lowest BCUT2D eigenvalue weighted by molar-refractivity contribution is 0.0657. The van der Waals surface area contributed by atoms with E-state index in [-0.39, 0.29) is 22.8 Å². The number of carbonyl (C=O) groups is 1. The van der Waals surface area contributed by atoms with Crippen LogP contribution in [0.5, 0.6) is 0 Å². The number of hydrogen-bond acceptors (Lipinski definition) is 3. The van der Waals surface area contributed by atoms with Gasteiger partial charge in [0.2, 0.25) is 0 Å². The number of fused-ring (bicyclic) bond motifs is 2. The first-order chi connectivity index (χ1) is 11.7. The van der Waals surface area contributed by atoms with Crippen LogP contribution in [0.1, 0.15) is 69.8 Å². The number of hydrazone groups is 1. The molecule has 25 heavy (non-hydrogen) atoms. The van der Waals surface area contributed by atoms with Crippen molar-refractivity contribution < 1.29 is 9.53 Å². The van der Waals surface area contributed by atoms with E-state index in [1.807, 2.05) is 38.1 Å². The van der Waals surface area contributed by atoms with Crippen molar-refractivity contribution in [2.75, 3.05) is 0 Å². The summed E-state index contributed by atoms with van der Waals surface area (Å²) in [5.41, 5.74) is 6.02. The lowest BCUT2D eigenvalue weighted by atomic mass is 9.70. The summed E-state index contributed by atoms with van der Waals surface area (Å²) in [5, 5.41) is 4.52. The maximum Gasteiger partial charge on any atom is 0.271 e. The lowest BCUT2D eigenvalue weighted by Gasteiger charge is -2.34. The third kappa shape index (κ3) is 3.24. The third-order valence-electron chi connectivity index (χ3n) is 6.60. The van der Waals surface area contributed by atoms with Gasteiger partial charge in [-0.15, -0.1) is 0 Å². The Morgan fingerprint density at radius 1 is 1.28 bits per heavy atom. The van der Waals surface area contributed by atoms with E-state index in [2.05, 4.69) is 31.3 Å². The van der Waals surface area contributed by atoms with Gasteiger partial charge in [0, 0.05) is 16.7 Å². The summed E-state index contributed by atoms with van der Waals surface area (Å²) >= 11 is 0. The van der Waals surface area contributed by atoms with Crippen molar-refractivity contribution in [1.82, 2.24) is 5.43 Å². The van der Waals surface area contributed by atoms with Crippen molar-refractivity contribution in [1.29, 1.82) is 0 Å². The number of ether oxygens (including phenoxy) is 1. The molecule has 2 aliphatic rings. The molecular weight excluding hydrogens is 312 g/mol. The van der Waals surface area contributed by atoms with Crippen LogP contribution in [0.2, 0.25) is 0 Å². The largest absolute Gasteiger partial charge is 0.374 e. The molecule has 2 bridgehead atoms. The zero-order valence-electron chi connectivity index (χ0n) is 16.1. The van der Waals surface area contributed by atoms with Gasteiger partial charge in [-0.1, -0.05) is 32.9 Å². The van der Waals surface area contributed by atoms with Crippen LogP contribution in [0, 0.1) is 16.7 Å². The molecule has 0 unspecified atom stereocenters. The second kappa shape index (κ2) is 6.56. The van der Waals surface area contributed by atoms with Crippen LogP contribution in [-0.4, -0.2) is 17.7 Å². The number of nitrogens with zero attached hydrogens (tertiary/aromatic N) is 1. The minimum Gasteiger partial charge on any atom is -0.374 e. The van der Waals surface area contributed by atoms with Gasteiger partial charge in [-0.3, -0.25) is 4.79 Å². The Hall–Kier alpha value is -1.68. The quantitative estimate of drug-likeness (QED) is 0.799. The normalized spacial score (nSPS) is 28.7. The average Bonchev–Trinajstić information content (AvgIpc) is 2.91. The van der Waals surface area contributed by atoms with Crippen LogP contribution in [-0.2, 0) is 11.3 Å². The first kappa shape index (κ1) is 18.1. The maximum absolute atomic E-state index is 12.4. The molecule has 1 amide bonds. The molecule has 4 nitrogen and oxygen atoms in total. The molecule has 3 rings (SSSR count). The summed E-state index contributed by atoms with van der Waals surface area (Å²) in [6.45, 7) is 11.6. The van der Waals surface area contributed by atoms with E-state index in [0.717, 1.165) is 17.7 Å². The van der Waals surface area contributed by atoms with E-state index in [1.165, 1.54) is 12.8 Å². The van der Waals surface area contributed by atoms with Gasteiger partial charge in [0.25, 0.3) is 5.91 Å². The summed E-state index contributed by atoms with van der Waals surface area (Å²) in [6.07, 6.45) is 3.65. The molecular formula is C21H30N2O2. The van der Waals surface area contributed by atoms with Crippen LogP contribution < -0.4 is 5.43 Å². The smallest absolute Gasteiger partial charge is 0.271 e. The maximum atomic E-state index is 12.4. The number of rotatable bonds is 5. The van der Waals surface area contributed by atoms with Gasteiger partial charge in [0.05, 0.1) is 12.7 Å². The van der Waals surface area contributed by atoms with E-state index in [0.29, 0.717) is 18.1 Å². The molecule has 1 N–H and O–H groups in total. The van der Waals surface area contributed by atoms with Crippen LogP contribution in [0.4, 0.5) is 0 Å². The predicted octanol–water partition coefficient (Wildman–Crippen LogP) is 4.54. The summed E-state index contributed by atoms with van der Waals surface area (Å²) in [6, 6.07) is 7.54. The van der Waals surface area contributed by atoms with Gasteiger partial charge in [-0.25, -0.2) is 5.43 Å². The van der Waals surface area contributed by atoms with Crippen molar-refractivity contribution in [3.05, 3.63) is 35.4 Å². The van der Waals surface area contributed by atoms with Crippen molar-refractivity contribution in [3.8, 4) is 0 Å². The fraction of sp³-hybridized carbons (Fsp3) is 0.619. The summed E-state index contributed by atoms with van der Waals surface area (Å²) in [5.74, 6) is 0.543. The van der Waals surface area contributed by atoms with Gasteiger partial charge in [0.15, 0.2) is 0 Å². The van der Waals surface area contributed by atoms with Gasteiger partial charge >= 0.3 is 0 Å². The molecule has 0 aliphatic heterocycles. The molecule has 2 fully saturated rings. The zero-order valence-corrected chi connectivity index (χ0v) is 16.1. The van der Waals surface area contributed by atoms with Crippen molar-refractivity contribution >= 4 is 11.6 Å². The first-order valence-corrected chi connectivity index (χ1v) is 9.32. The molecule has 2 aliphatic carbocycles. The number of amides is 1. The van der Waals surface area contributed by atoms with Gasteiger partial charge in [-0.05, 0) is 62.1 Å². The highest BCUT2D eigenvalue weighted by Gasteiger charge is 2.60. The minimum absolute atomic E-state index is 0.114. The molecule has 0 spiro atoms. The molecule has 1 aromatic carbocycles. The Bertz CT molecular complexity index is 676. The van der Waals surface area contributed by atoms with Crippen LogP contribution in [0.15, 0.2) is 29.4 Å². The van der Waals surface area contributed by atoms with Gasteiger partial charge < -0.3 is 4.74 Å². The zero-order chi connectivity index (χ0) is 18.2. The molecule has 4 heteroatoms. The Morgan fingerprint density at radius 2 is 1.96 bits per heavy atom. The summed E-state index contributed by atoms with van der Waals surface area (Å²) in [7, 11) is 0. The summed E-state index contributed by atoms with van der Waals surface area (Å²) < 4.78 is 5.58. The van der Waals surface area contributed by atoms with Crippen LogP contribution >= 0.6 is 0 Å². The second-order valence-corrected chi connectivity index (χ2v) is 8.55. The second-order valence-electron chi connectivity index (χ2n) is 8.55. The highest BCUT2D eigenvalue weighted by molar-refractivity contribution is 5.98. The highest BCUT2D eigenvalue weighted by atomic mass is 16.5. The van der Waals surface area contributed by atoms with E-state index in [9.17, 15) is 4.79 Å². The Labute approximate surface area is 151 Å². The monoisotopic (exact) mass is 342 g/mol. The number of benzene rings is 1. The Kier molecular flexibility index (Phi) is 4.76. The number of hydrogen-bond donors (Lipinski definition) is 1. The molecule has 0 heterocycles. The van der Waals surface area contributed by atoms with Gasteiger partial charge in [-0.2, -0.15) is 5.10 Å². The molecule has 0 saturated heterocycles. The first-order valence-electron chi connectivity index (χ1n) is 9.32. The number of carbonyl (C=O) groups excluding carboxylic acids is 1. The minimum atomic E-state index is -0.145. The molecule has 2 saturated carbocycles. The molecule has 136 valence electrons. The van der Waals surface area contributed by atoms with E-state index in [1.54, 1.807) is 0 Å². The molecule has 1 aromatic rings. The Balaban J connectivity index is 1.63. The summed E-state index contributed by atoms with van der Waals surface area (Å²) in [4.78, 5) is 12.4. The molecule has 0 radical (unpaired) electrons. The third-order valence-corrected chi connectivity index (χ3v) is 6.60. The predicted molar refractivity (Wildman–Crippen MR) is 100 cm³/mol. The average molecular weight is 342 g/mol. The Morgan fingerprint density at radius 3 is 2.48 bits per heavy atom. The van der Waals surface area contributed by atoms with Crippen molar-refractivity contribution in [2.24, 2.45) is 21.8 Å². The SMILES string of the molecule is CC(C)OCc1ccc(C(=O)N/N=C2/C[C@@H]3CC[C@@]2(C)C3(C)C)cc1. The van der Waals surface area contributed by atoms with Crippen LogP contribution in [0.25, 0.3) is 0 Å². The molecule has 2 atom stereocenters. The topological polar surface area (TPSA) is 50.7 Å². The van der Waals surface area contributed by atoms with E-state index >= 15 is 0 Å². The standard InChI is InChI=1S/C21H30N2O2/c1-14(2)25-13-15-6-8-16(9-7-15)19(24)23-22-18-12-17-10-11-21(18,5)20(17,3)4/h6-9,14,17H,10-13H2,1-5H3,(H,23,24)/b22-18-/t17-,21+/m0/s1. The van der Waals surface area contributed by atoms with E-state index in [4.69, 9.17) is 4.74 Å². The molecule has 0 aromatic heterocycles. The number of nitrogens with one attached hydrogen (secondary N) is 1. The van der Waals surface area contributed by atoms with E-state index < -0.39 is 0 Å². The van der Waals surface area contributed by atoms with Gasteiger partial charge in [0.1, 0.15) is 0 Å². The van der Waals surface area contributed by atoms with Crippen molar-refractivity contribution in [3.63, 3.8) is 0 Å². The highest BCUT2D eigenvalue weighted by Crippen LogP contribution is 2.63. The van der Waals surface area contributed by atoms with Crippen molar-refractivity contribution in [2.45, 2.75) is 66.6 Å².